The summed E-state index contributed by atoms with van der Waals surface area (Å²) < 4.78 is 10.8. The first kappa shape index (κ1) is 28.1. The third-order valence-electron chi connectivity index (χ3n) is 6.18. The van der Waals surface area contributed by atoms with Gasteiger partial charge in [0.05, 0.1) is 19.7 Å². The van der Waals surface area contributed by atoms with E-state index in [9.17, 15) is 24.0 Å². The number of nitrogens with one attached hydrogen (secondary N) is 2. The van der Waals surface area contributed by atoms with Gasteiger partial charge in [0.25, 0.3) is 5.89 Å². The standard InChI is InChI=1S/C24H33N5O7S/c1-13(2)17(19(30)21-27-29(24(34)36-21)12-15-8-7-11-37-15)25-20(31)16-9-6-10-28(16)22(32)18(14(3)4)26-23(33)35-5/h7-8,11,13-14,16-18H,6,9-10,12H2,1-5H3,(H,25,31)(H,26,33)/t16-,17-,18-/m0/s1. The van der Waals surface area contributed by atoms with E-state index in [0.717, 1.165) is 9.56 Å². The second-order valence-electron chi connectivity index (χ2n) is 9.55. The third kappa shape index (κ3) is 6.64. The predicted octanol–water partition coefficient (Wildman–Crippen LogP) is 1.64. The van der Waals surface area contributed by atoms with Gasteiger partial charge in [0.15, 0.2) is 0 Å². The summed E-state index contributed by atoms with van der Waals surface area (Å²) in [5, 5.41) is 11.2. The molecule has 0 radical (unpaired) electrons. The number of carbonyl (C=O) groups excluding carboxylic acids is 4. The summed E-state index contributed by atoms with van der Waals surface area (Å²) >= 11 is 1.44. The van der Waals surface area contributed by atoms with Crippen molar-refractivity contribution in [1.82, 2.24) is 25.3 Å². The maximum Gasteiger partial charge on any atom is 0.437 e. The lowest BCUT2D eigenvalue weighted by Crippen LogP contribution is -2.57. The molecule has 3 rings (SSSR count). The highest BCUT2D eigenvalue weighted by Gasteiger charge is 2.40. The highest BCUT2D eigenvalue weighted by Crippen LogP contribution is 2.21. The number of hydrogen-bond acceptors (Lipinski definition) is 9. The fourth-order valence-corrected chi connectivity index (χ4v) is 4.84. The van der Waals surface area contributed by atoms with Crippen LogP contribution in [0.15, 0.2) is 26.7 Å². The van der Waals surface area contributed by atoms with E-state index >= 15 is 0 Å². The lowest BCUT2D eigenvalue weighted by molar-refractivity contribution is -0.141. The fraction of sp³-hybridized carbons (Fsp3) is 0.583. The second kappa shape index (κ2) is 12.2. The third-order valence-corrected chi connectivity index (χ3v) is 7.04. The SMILES string of the molecule is COC(=O)N[C@H](C(=O)N1CCC[C@H]1C(=O)N[C@H](C(=O)c1nn(Cc2cccs2)c(=O)o1)C(C)C)C(C)C. The number of Topliss-reactive ketones (excluding diaryl/α,β-unsaturated/α-hetero) is 1. The number of aromatic nitrogens is 2. The number of alkyl carbamates (subject to hydrolysis) is 1. The van der Waals surface area contributed by atoms with E-state index in [2.05, 4.69) is 20.5 Å². The van der Waals surface area contributed by atoms with E-state index in [1.807, 2.05) is 17.5 Å². The minimum Gasteiger partial charge on any atom is -0.453 e. The first-order valence-corrected chi connectivity index (χ1v) is 13.0. The van der Waals surface area contributed by atoms with E-state index in [4.69, 9.17) is 4.42 Å². The molecule has 1 fully saturated rings. The number of rotatable bonds is 10. The number of carbonyl (C=O) groups is 4. The smallest absolute Gasteiger partial charge is 0.437 e. The Bertz CT molecular complexity index is 1170. The Morgan fingerprint density at radius 1 is 1.16 bits per heavy atom. The highest BCUT2D eigenvalue weighted by atomic mass is 32.1. The number of amides is 3. The normalized spacial score (nSPS) is 17.1. The van der Waals surface area contributed by atoms with Gasteiger partial charge in [-0.2, -0.15) is 4.68 Å². The Morgan fingerprint density at radius 2 is 1.86 bits per heavy atom. The van der Waals surface area contributed by atoms with Crippen LogP contribution in [0.4, 0.5) is 4.79 Å². The zero-order valence-electron chi connectivity index (χ0n) is 21.6. The van der Waals surface area contributed by atoms with Gasteiger partial charge in [-0.05, 0) is 36.1 Å². The molecule has 202 valence electrons. The van der Waals surface area contributed by atoms with Crippen LogP contribution in [0.2, 0.25) is 0 Å². The molecule has 12 nitrogen and oxygen atoms in total. The van der Waals surface area contributed by atoms with Gasteiger partial charge in [0.2, 0.25) is 17.6 Å². The number of likely N-dealkylation sites (tertiary alicyclic amines) is 1. The van der Waals surface area contributed by atoms with E-state index in [0.29, 0.717) is 19.4 Å². The van der Waals surface area contributed by atoms with Crippen LogP contribution in [0, 0.1) is 11.8 Å². The van der Waals surface area contributed by atoms with Gasteiger partial charge in [-0.1, -0.05) is 33.8 Å². The Labute approximate surface area is 218 Å². The monoisotopic (exact) mass is 535 g/mol. The minimum atomic E-state index is -1.02. The average molecular weight is 536 g/mol. The number of nitrogens with zero attached hydrogens (tertiary/aromatic N) is 3. The molecule has 37 heavy (non-hydrogen) atoms. The molecule has 0 unspecified atom stereocenters. The van der Waals surface area contributed by atoms with E-state index < -0.39 is 47.6 Å². The lowest BCUT2D eigenvalue weighted by Gasteiger charge is -2.31. The molecule has 1 saturated heterocycles. The first-order valence-electron chi connectivity index (χ1n) is 12.1. The van der Waals surface area contributed by atoms with Crippen LogP contribution in [0.3, 0.4) is 0 Å². The number of thiophene rings is 1. The van der Waals surface area contributed by atoms with Crippen molar-refractivity contribution < 1.29 is 28.3 Å². The second-order valence-corrected chi connectivity index (χ2v) is 10.6. The molecule has 2 N–H and O–H groups in total. The molecule has 0 spiro atoms. The van der Waals surface area contributed by atoms with Gasteiger partial charge in [0.1, 0.15) is 12.1 Å². The lowest BCUT2D eigenvalue weighted by atomic mass is 9.98. The molecule has 3 heterocycles. The Hall–Kier alpha value is -3.48. The molecular weight excluding hydrogens is 502 g/mol. The van der Waals surface area contributed by atoms with Crippen molar-refractivity contribution in [3.63, 3.8) is 0 Å². The molecular formula is C24H33N5O7S. The van der Waals surface area contributed by atoms with Gasteiger partial charge in [-0.15, -0.1) is 16.4 Å². The van der Waals surface area contributed by atoms with Crippen molar-refractivity contribution in [3.05, 3.63) is 38.8 Å². The van der Waals surface area contributed by atoms with Crippen molar-refractivity contribution in [3.8, 4) is 0 Å². The van der Waals surface area contributed by atoms with Crippen LogP contribution >= 0.6 is 11.3 Å². The topological polar surface area (TPSA) is 153 Å². The summed E-state index contributed by atoms with van der Waals surface area (Å²) in [5.74, 6) is -3.28. The van der Waals surface area contributed by atoms with Gasteiger partial charge < -0.3 is 24.7 Å². The van der Waals surface area contributed by atoms with Crippen molar-refractivity contribution in [1.29, 1.82) is 0 Å². The molecule has 0 saturated carbocycles. The highest BCUT2D eigenvalue weighted by molar-refractivity contribution is 7.09. The Balaban J connectivity index is 1.74. The van der Waals surface area contributed by atoms with Crippen LogP contribution in [-0.2, 0) is 20.9 Å². The fourth-order valence-electron chi connectivity index (χ4n) is 4.15. The molecule has 1 aliphatic heterocycles. The zero-order chi connectivity index (χ0) is 27.3. The molecule has 0 bridgehead atoms. The summed E-state index contributed by atoms with van der Waals surface area (Å²) in [7, 11) is 1.21. The Morgan fingerprint density at radius 3 is 2.46 bits per heavy atom. The van der Waals surface area contributed by atoms with Crippen LogP contribution in [0.25, 0.3) is 0 Å². The largest absolute Gasteiger partial charge is 0.453 e. The molecule has 1 aliphatic rings. The Kier molecular flexibility index (Phi) is 9.24. The molecule has 3 amide bonds. The molecule has 0 aliphatic carbocycles. The van der Waals surface area contributed by atoms with Crippen molar-refractivity contribution in [2.24, 2.45) is 11.8 Å². The molecule has 2 aromatic rings. The predicted molar refractivity (Wildman–Crippen MR) is 134 cm³/mol. The van der Waals surface area contributed by atoms with E-state index in [-0.39, 0.29) is 24.3 Å². The van der Waals surface area contributed by atoms with E-state index in [1.54, 1.807) is 27.7 Å². The van der Waals surface area contributed by atoms with Gasteiger partial charge in [0, 0.05) is 11.4 Å². The number of ether oxygens (including phenoxy) is 1. The molecule has 3 atom stereocenters. The molecule has 2 aromatic heterocycles. The zero-order valence-corrected chi connectivity index (χ0v) is 22.4. The summed E-state index contributed by atoms with van der Waals surface area (Å²) in [6.45, 7) is 7.56. The van der Waals surface area contributed by atoms with Crippen LogP contribution in [-0.4, -0.2) is 70.2 Å². The number of ketones is 1. The number of hydrogen-bond donors (Lipinski definition) is 2. The quantitative estimate of drug-likeness (QED) is 0.436. The average Bonchev–Trinajstić information content (AvgIpc) is 3.61. The van der Waals surface area contributed by atoms with Gasteiger partial charge in [-0.3, -0.25) is 14.4 Å². The van der Waals surface area contributed by atoms with Crippen LogP contribution in [0.5, 0.6) is 0 Å². The van der Waals surface area contributed by atoms with Gasteiger partial charge >= 0.3 is 11.8 Å². The molecule has 13 heteroatoms. The maximum absolute atomic E-state index is 13.3. The first-order chi connectivity index (χ1) is 17.5. The van der Waals surface area contributed by atoms with Gasteiger partial charge in [-0.25, -0.2) is 9.59 Å². The maximum atomic E-state index is 13.3. The van der Waals surface area contributed by atoms with Crippen LogP contribution in [0.1, 0.15) is 56.1 Å². The summed E-state index contributed by atoms with van der Waals surface area (Å²) in [6, 6.07) is 0.972. The van der Waals surface area contributed by atoms with Crippen molar-refractivity contribution in [2.45, 2.75) is 65.2 Å². The van der Waals surface area contributed by atoms with Crippen molar-refractivity contribution >= 4 is 35.0 Å². The van der Waals surface area contributed by atoms with E-state index in [1.165, 1.54) is 23.3 Å². The minimum absolute atomic E-state index is 0.168. The number of methoxy groups -OCH3 is 1. The summed E-state index contributed by atoms with van der Waals surface area (Å²) in [6.07, 6.45) is 0.261. The van der Waals surface area contributed by atoms with Crippen molar-refractivity contribution in [2.75, 3.05) is 13.7 Å². The summed E-state index contributed by atoms with van der Waals surface area (Å²) in [4.78, 5) is 66.0. The molecule has 0 aromatic carbocycles. The van der Waals surface area contributed by atoms with Crippen LogP contribution < -0.4 is 16.4 Å². The summed E-state index contributed by atoms with van der Waals surface area (Å²) in [5.41, 5.74) is 0.